The molecule has 0 bridgehead atoms. The fourth-order valence-electron chi connectivity index (χ4n) is 4.09. The molecule has 9 heteroatoms. The number of hydrogen-bond donors (Lipinski definition) is 1. The second-order valence-electron chi connectivity index (χ2n) is 8.33. The van der Waals surface area contributed by atoms with Gasteiger partial charge in [0.05, 0.1) is 19.8 Å². The summed E-state index contributed by atoms with van der Waals surface area (Å²) in [7, 11) is 3.19. The lowest BCUT2D eigenvalue weighted by atomic mass is 10.1. The van der Waals surface area contributed by atoms with Crippen molar-refractivity contribution in [2.45, 2.75) is 32.4 Å². The van der Waals surface area contributed by atoms with Crippen LogP contribution in [-0.2, 0) is 17.8 Å². The Hall–Kier alpha value is -3.78. The van der Waals surface area contributed by atoms with Crippen LogP contribution in [0, 0.1) is 0 Å². The van der Waals surface area contributed by atoms with Crippen LogP contribution in [0.25, 0.3) is 0 Å². The first kappa shape index (κ1) is 25.3. The second kappa shape index (κ2) is 11.3. The average molecular weight is 510 g/mol. The van der Waals surface area contributed by atoms with Crippen LogP contribution in [-0.4, -0.2) is 48.6 Å². The molecule has 1 N–H and O–H groups in total. The maximum atomic E-state index is 13.2. The molecule has 36 heavy (non-hydrogen) atoms. The second-order valence-corrected chi connectivity index (χ2v) is 8.69. The number of aromatic nitrogens is 1. The third kappa shape index (κ3) is 5.54. The molecule has 2 aromatic carbocycles. The number of methoxy groups -OCH3 is 2. The van der Waals surface area contributed by atoms with E-state index in [1.165, 1.54) is 6.20 Å². The van der Waals surface area contributed by atoms with Crippen LogP contribution in [0.5, 0.6) is 17.2 Å². The molecular weight excluding hydrogens is 482 g/mol. The Labute approximate surface area is 215 Å². The van der Waals surface area contributed by atoms with Gasteiger partial charge in [-0.3, -0.25) is 9.59 Å². The van der Waals surface area contributed by atoms with Crippen molar-refractivity contribution >= 4 is 29.1 Å². The molecule has 1 unspecified atom stereocenters. The molecule has 0 spiro atoms. The molecule has 0 saturated carbocycles. The summed E-state index contributed by atoms with van der Waals surface area (Å²) in [5, 5.41) is 2.98. The Morgan fingerprint density at radius 1 is 1.17 bits per heavy atom. The maximum Gasteiger partial charge on any atom is 0.263 e. The van der Waals surface area contributed by atoms with Crippen molar-refractivity contribution in [2.24, 2.45) is 0 Å². The number of carbonyl (C=O) groups is 2. The third-order valence-corrected chi connectivity index (χ3v) is 6.33. The highest BCUT2D eigenvalue weighted by Gasteiger charge is 2.30. The van der Waals surface area contributed by atoms with Gasteiger partial charge in [-0.1, -0.05) is 24.6 Å². The number of amides is 2. The van der Waals surface area contributed by atoms with Crippen LogP contribution in [0.2, 0.25) is 5.15 Å². The van der Waals surface area contributed by atoms with Gasteiger partial charge in [0.15, 0.2) is 17.6 Å². The molecule has 1 aliphatic heterocycles. The molecular formula is C27H28ClN3O5. The quantitative estimate of drug-likeness (QED) is 0.441. The van der Waals surface area contributed by atoms with E-state index in [1.807, 2.05) is 31.2 Å². The Balaban J connectivity index is 1.54. The minimum Gasteiger partial charge on any atom is -0.493 e. The van der Waals surface area contributed by atoms with Crippen molar-refractivity contribution in [2.75, 3.05) is 26.1 Å². The van der Waals surface area contributed by atoms with Crippen LogP contribution < -0.4 is 19.5 Å². The molecule has 3 aromatic rings. The first-order valence-corrected chi connectivity index (χ1v) is 12.0. The van der Waals surface area contributed by atoms with Gasteiger partial charge in [-0.15, -0.1) is 0 Å². The van der Waals surface area contributed by atoms with Crippen molar-refractivity contribution in [1.29, 1.82) is 0 Å². The molecule has 1 atom stereocenters. The zero-order chi connectivity index (χ0) is 25.7. The summed E-state index contributed by atoms with van der Waals surface area (Å²) in [6, 6.07) is 14.3. The van der Waals surface area contributed by atoms with Crippen LogP contribution in [0.15, 0.2) is 54.7 Å². The number of pyridine rings is 1. The summed E-state index contributed by atoms with van der Waals surface area (Å²) in [5.41, 5.74) is 2.68. The number of anilines is 1. The van der Waals surface area contributed by atoms with Gasteiger partial charge < -0.3 is 24.4 Å². The van der Waals surface area contributed by atoms with E-state index >= 15 is 0 Å². The number of benzene rings is 2. The van der Waals surface area contributed by atoms with E-state index in [4.69, 9.17) is 25.8 Å². The smallest absolute Gasteiger partial charge is 0.263 e. The van der Waals surface area contributed by atoms with Gasteiger partial charge in [-0.05, 0) is 60.9 Å². The number of rotatable bonds is 8. The fraction of sp³-hybridized carbons (Fsp3) is 0.296. The predicted molar refractivity (Wildman–Crippen MR) is 137 cm³/mol. The van der Waals surface area contributed by atoms with E-state index in [0.717, 1.165) is 11.1 Å². The van der Waals surface area contributed by atoms with Crippen LogP contribution >= 0.6 is 11.6 Å². The molecule has 188 valence electrons. The number of ether oxygens (including phenoxy) is 3. The van der Waals surface area contributed by atoms with Crippen molar-refractivity contribution in [3.05, 3.63) is 76.6 Å². The third-order valence-electron chi connectivity index (χ3n) is 6.03. The van der Waals surface area contributed by atoms with Gasteiger partial charge in [-0.25, -0.2) is 4.98 Å². The minimum atomic E-state index is -0.578. The SMILES string of the molecule is CCC1Oc2ccc(NC(=O)c3cccnc3Cl)cc2CN(CCc2ccc(OC)c(OC)c2)C1=O. The van der Waals surface area contributed by atoms with Crippen molar-refractivity contribution in [3.63, 3.8) is 0 Å². The summed E-state index contributed by atoms with van der Waals surface area (Å²) in [6.07, 6.45) is 2.12. The molecule has 0 radical (unpaired) electrons. The Bertz CT molecular complexity index is 1270. The lowest BCUT2D eigenvalue weighted by molar-refractivity contribution is -0.138. The van der Waals surface area contributed by atoms with Gasteiger partial charge in [-0.2, -0.15) is 0 Å². The van der Waals surface area contributed by atoms with Gasteiger partial charge >= 0.3 is 0 Å². The first-order valence-electron chi connectivity index (χ1n) is 11.6. The van der Waals surface area contributed by atoms with Crippen molar-refractivity contribution in [3.8, 4) is 17.2 Å². The number of carbonyl (C=O) groups excluding carboxylic acids is 2. The highest BCUT2D eigenvalue weighted by molar-refractivity contribution is 6.33. The Kier molecular flexibility index (Phi) is 7.95. The van der Waals surface area contributed by atoms with E-state index in [2.05, 4.69) is 10.3 Å². The number of halogens is 1. The van der Waals surface area contributed by atoms with Gasteiger partial charge in [0.1, 0.15) is 10.9 Å². The number of hydrogen-bond acceptors (Lipinski definition) is 6. The molecule has 0 saturated heterocycles. The summed E-state index contributed by atoms with van der Waals surface area (Å²) in [4.78, 5) is 31.7. The van der Waals surface area contributed by atoms with Crippen molar-refractivity contribution in [1.82, 2.24) is 9.88 Å². The number of nitrogens with one attached hydrogen (secondary N) is 1. The molecule has 2 amide bonds. The normalized spacial score (nSPS) is 14.9. The molecule has 8 nitrogen and oxygen atoms in total. The van der Waals surface area contributed by atoms with E-state index in [9.17, 15) is 9.59 Å². The van der Waals surface area contributed by atoms with Gasteiger partial charge in [0.2, 0.25) is 0 Å². The zero-order valence-electron chi connectivity index (χ0n) is 20.4. The minimum absolute atomic E-state index is 0.0677. The average Bonchev–Trinajstić information content (AvgIpc) is 3.03. The summed E-state index contributed by atoms with van der Waals surface area (Å²) in [5.74, 6) is 1.49. The van der Waals surface area contributed by atoms with E-state index in [0.29, 0.717) is 48.9 Å². The predicted octanol–water partition coefficient (Wildman–Crippen LogP) is 4.75. The summed E-state index contributed by atoms with van der Waals surface area (Å²) < 4.78 is 16.8. The molecule has 1 aliphatic rings. The molecule has 0 fully saturated rings. The Morgan fingerprint density at radius 3 is 2.69 bits per heavy atom. The standard InChI is InChI=1S/C27H28ClN3O5/c1-4-21-27(33)31(13-11-17-7-9-23(34-2)24(14-17)35-3)16-18-15-19(8-10-22(18)36-21)30-26(32)20-6-5-12-29-25(20)28/h5-10,12,14-15,21H,4,11,13,16H2,1-3H3,(H,30,32). The maximum absolute atomic E-state index is 13.2. The first-order chi connectivity index (χ1) is 17.4. The Morgan fingerprint density at radius 2 is 1.97 bits per heavy atom. The molecule has 0 aliphatic carbocycles. The lowest BCUT2D eigenvalue weighted by Gasteiger charge is -2.23. The lowest BCUT2D eigenvalue weighted by Crippen LogP contribution is -2.40. The number of fused-ring (bicyclic) bond motifs is 1. The largest absolute Gasteiger partial charge is 0.493 e. The molecule has 4 rings (SSSR count). The van der Waals surface area contributed by atoms with Crippen LogP contribution in [0.1, 0.15) is 34.8 Å². The van der Waals surface area contributed by atoms with Crippen molar-refractivity contribution < 1.29 is 23.8 Å². The molecule has 1 aromatic heterocycles. The fourth-order valence-corrected chi connectivity index (χ4v) is 4.29. The molecule has 2 heterocycles. The highest BCUT2D eigenvalue weighted by atomic mass is 35.5. The van der Waals surface area contributed by atoms with E-state index < -0.39 is 6.10 Å². The van der Waals surface area contributed by atoms with Gasteiger partial charge in [0, 0.05) is 30.5 Å². The zero-order valence-corrected chi connectivity index (χ0v) is 21.2. The van der Waals surface area contributed by atoms with Gasteiger partial charge in [0.25, 0.3) is 11.8 Å². The van der Waals surface area contributed by atoms with Crippen LogP contribution in [0.3, 0.4) is 0 Å². The van der Waals surface area contributed by atoms with E-state index in [-0.39, 0.29) is 22.5 Å². The number of nitrogens with zero attached hydrogens (tertiary/aromatic N) is 2. The topological polar surface area (TPSA) is 90.0 Å². The highest BCUT2D eigenvalue weighted by Crippen LogP contribution is 2.31. The summed E-state index contributed by atoms with van der Waals surface area (Å²) in [6.45, 7) is 2.77. The van der Waals surface area contributed by atoms with Crippen LogP contribution in [0.4, 0.5) is 5.69 Å². The van der Waals surface area contributed by atoms with E-state index in [1.54, 1.807) is 43.4 Å². The summed E-state index contributed by atoms with van der Waals surface area (Å²) >= 11 is 6.06. The monoisotopic (exact) mass is 509 g/mol.